The molecule has 2 aromatic rings. The second kappa shape index (κ2) is 4.95. The van der Waals surface area contributed by atoms with E-state index in [1.54, 1.807) is 0 Å². The van der Waals surface area contributed by atoms with E-state index in [1.807, 2.05) is 0 Å². The van der Waals surface area contributed by atoms with Crippen LogP contribution >= 0.6 is 0 Å². The SMILES string of the molecule is c1ccc(CN2CC[C@@H]3Nc4ccccc4[C@H]3C2)cc1. The minimum atomic E-state index is 0.638. The summed E-state index contributed by atoms with van der Waals surface area (Å²) in [5, 5.41) is 3.69. The molecule has 102 valence electrons. The molecular formula is C18H20N2. The average molecular weight is 264 g/mol. The molecule has 2 nitrogen and oxygen atoms in total. The van der Waals surface area contributed by atoms with Gasteiger partial charge in [-0.15, -0.1) is 0 Å². The molecule has 0 unspecified atom stereocenters. The van der Waals surface area contributed by atoms with E-state index in [-0.39, 0.29) is 0 Å². The van der Waals surface area contributed by atoms with Gasteiger partial charge in [-0.2, -0.15) is 0 Å². The number of hydrogen-bond acceptors (Lipinski definition) is 2. The molecule has 1 fully saturated rings. The van der Waals surface area contributed by atoms with Gasteiger partial charge >= 0.3 is 0 Å². The molecule has 1 saturated heterocycles. The Kier molecular flexibility index (Phi) is 2.96. The molecule has 2 aliphatic heterocycles. The summed E-state index contributed by atoms with van der Waals surface area (Å²) in [6.07, 6.45) is 1.24. The van der Waals surface area contributed by atoms with Crippen LogP contribution in [0.3, 0.4) is 0 Å². The van der Waals surface area contributed by atoms with Crippen molar-refractivity contribution in [1.82, 2.24) is 4.90 Å². The van der Waals surface area contributed by atoms with Crippen molar-refractivity contribution in [2.45, 2.75) is 24.9 Å². The highest BCUT2D eigenvalue weighted by molar-refractivity contribution is 5.59. The van der Waals surface area contributed by atoms with Crippen LogP contribution < -0.4 is 5.32 Å². The van der Waals surface area contributed by atoms with Crippen LogP contribution in [0.25, 0.3) is 0 Å². The van der Waals surface area contributed by atoms with Gasteiger partial charge < -0.3 is 5.32 Å². The number of nitrogens with one attached hydrogen (secondary N) is 1. The minimum Gasteiger partial charge on any atom is -0.381 e. The summed E-state index contributed by atoms with van der Waals surface area (Å²) < 4.78 is 0. The highest BCUT2D eigenvalue weighted by Crippen LogP contribution is 2.40. The second-order valence-corrected chi connectivity index (χ2v) is 5.95. The molecule has 0 aromatic heterocycles. The van der Waals surface area contributed by atoms with Crippen LogP contribution in [0.4, 0.5) is 5.69 Å². The molecule has 2 aromatic carbocycles. The highest BCUT2D eigenvalue weighted by atomic mass is 15.2. The monoisotopic (exact) mass is 264 g/mol. The molecule has 0 radical (unpaired) electrons. The molecule has 20 heavy (non-hydrogen) atoms. The van der Waals surface area contributed by atoms with Gasteiger partial charge in [0.2, 0.25) is 0 Å². The Balaban J connectivity index is 1.51. The topological polar surface area (TPSA) is 15.3 Å². The third-order valence-electron chi connectivity index (χ3n) is 4.65. The smallest absolute Gasteiger partial charge is 0.0379 e. The molecule has 0 saturated carbocycles. The first kappa shape index (κ1) is 12.0. The zero-order valence-electron chi connectivity index (χ0n) is 11.6. The molecular weight excluding hydrogens is 244 g/mol. The number of hydrogen-bond donors (Lipinski definition) is 1. The number of fused-ring (bicyclic) bond motifs is 3. The highest BCUT2D eigenvalue weighted by Gasteiger charge is 2.36. The van der Waals surface area contributed by atoms with Crippen molar-refractivity contribution in [3.63, 3.8) is 0 Å². The summed E-state index contributed by atoms with van der Waals surface area (Å²) in [4.78, 5) is 2.60. The van der Waals surface area contributed by atoms with E-state index in [0.29, 0.717) is 12.0 Å². The number of rotatable bonds is 2. The number of para-hydroxylation sites is 1. The largest absolute Gasteiger partial charge is 0.381 e. The van der Waals surface area contributed by atoms with E-state index in [0.717, 1.165) is 6.54 Å². The van der Waals surface area contributed by atoms with Gasteiger partial charge in [0.15, 0.2) is 0 Å². The van der Waals surface area contributed by atoms with E-state index < -0.39 is 0 Å². The lowest BCUT2D eigenvalue weighted by Crippen LogP contribution is -2.41. The van der Waals surface area contributed by atoms with E-state index in [1.165, 1.54) is 36.3 Å². The maximum Gasteiger partial charge on any atom is 0.0379 e. The summed E-state index contributed by atoms with van der Waals surface area (Å²) in [6.45, 7) is 3.44. The Labute approximate surface area is 120 Å². The fourth-order valence-electron chi connectivity index (χ4n) is 3.64. The fourth-order valence-corrected chi connectivity index (χ4v) is 3.64. The van der Waals surface area contributed by atoms with E-state index in [4.69, 9.17) is 0 Å². The molecule has 0 spiro atoms. The van der Waals surface area contributed by atoms with Crippen LogP contribution in [0.15, 0.2) is 54.6 Å². The molecule has 2 heterocycles. The van der Waals surface area contributed by atoms with Crippen LogP contribution in [-0.4, -0.2) is 24.0 Å². The standard InChI is InChI=1S/C18H20N2/c1-2-6-14(7-3-1)12-20-11-10-18-16(13-20)15-8-4-5-9-17(15)19-18/h1-9,16,18-19H,10-13H2/t16-,18+/m1/s1. The predicted octanol–water partition coefficient (Wildman–Crippen LogP) is 3.47. The first-order chi connectivity index (χ1) is 9.90. The van der Waals surface area contributed by atoms with Crippen LogP contribution in [0.2, 0.25) is 0 Å². The quantitative estimate of drug-likeness (QED) is 0.893. The van der Waals surface area contributed by atoms with Crippen molar-refractivity contribution in [2.24, 2.45) is 0 Å². The maximum atomic E-state index is 3.69. The van der Waals surface area contributed by atoms with E-state index in [9.17, 15) is 0 Å². The number of piperidine rings is 1. The zero-order chi connectivity index (χ0) is 13.4. The summed E-state index contributed by atoms with van der Waals surface area (Å²) in [5.41, 5.74) is 4.28. The average Bonchev–Trinajstić information content (AvgIpc) is 2.86. The third kappa shape index (κ3) is 2.10. The van der Waals surface area contributed by atoms with Crippen molar-refractivity contribution in [2.75, 3.05) is 18.4 Å². The van der Waals surface area contributed by atoms with Gasteiger partial charge in [0, 0.05) is 37.3 Å². The van der Waals surface area contributed by atoms with E-state index in [2.05, 4.69) is 64.8 Å². The predicted molar refractivity (Wildman–Crippen MR) is 82.9 cm³/mol. The van der Waals surface area contributed by atoms with Crippen molar-refractivity contribution < 1.29 is 0 Å². The molecule has 4 rings (SSSR count). The molecule has 1 N–H and O–H groups in total. The Morgan fingerprint density at radius 2 is 1.80 bits per heavy atom. The zero-order valence-corrected chi connectivity index (χ0v) is 11.6. The van der Waals surface area contributed by atoms with Crippen LogP contribution in [0.1, 0.15) is 23.5 Å². The van der Waals surface area contributed by atoms with Gasteiger partial charge in [-0.1, -0.05) is 48.5 Å². The lowest BCUT2D eigenvalue weighted by molar-refractivity contribution is 0.194. The van der Waals surface area contributed by atoms with Gasteiger partial charge in [-0.05, 0) is 23.6 Å². The number of nitrogens with zero attached hydrogens (tertiary/aromatic N) is 1. The molecule has 2 atom stereocenters. The molecule has 2 heteroatoms. The minimum absolute atomic E-state index is 0.638. The summed E-state index contributed by atoms with van der Waals surface area (Å²) in [5.74, 6) is 0.656. The lowest BCUT2D eigenvalue weighted by Gasteiger charge is -2.35. The summed E-state index contributed by atoms with van der Waals surface area (Å²) in [7, 11) is 0. The summed E-state index contributed by atoms with van der Waals surface area (Å²) >= 11 is 0. The lowest BCUT2D eigenvalue weighted by atomic mass is 9.89. The Bertz CT molecular complexity index is 593. The van der Waals surface area contributed by atoms with Crippen molar-refractivity contribution in [1.29, 1.82) is 0 Å². The van der Waals surface area contributed by atoms with Crippen LogP contribution in [0.5, 0.6) is 0 Å². The molecule has 2 aliphatic rings. The Morgan fingerprint density at radius 3 is 2.70 bits per heavy atom. The van der Waals surface area contributed by atoms with Gasteiger partial charge in [0.1, 0.15) is 0 Å². The second-order valence-electron chi connectivity index (χ2n) is 5.95. The van der Waals surface area contributed by atoms with Crippen LogP contribution in [0, 0.1) is 0 Å². The van der Waals surface area contributed by atoms with Crippen LogP contribution in [-0.2, 0) is 6.54 Å². The van der Waals surface area contributed by atoms with Gasteiger partial charge in [-0.3, -0.25) is 4.90 Å². The number of benzene rings is 2. The van der Waals surface area contributed by atoms with E-state index >= 15 is 0 Å². The Hall–Kier alpha value is -1.80. The normalized spacial score (nSPS) is 24.8. The molecule has 0 aliphatic carbocycles. The fraction of sp³-hybridized carbons (Fsp3) is 0.333. The molecule has 0 bridgehead atoms. The Morgan fingerprint density at radius 1 is 1.00 bits per heavy atom. The van der Waals surface area contributed by atoms with Gasteiger partial charge in [0.25, 0.3) is 0 Å². The summed E-state index contributed by atoms with van der Waals surface area (Å²) in [6, 6.07) is 20.3. The maximum absolute atomic E-state index is 3.69. The first-order valence-electron chi connectivity index (χ1n) is 7.52. The van der Waals surface area contributed by atoms with Crippen molar-refractivity contribution >= 4 is 5.69 Å². The van der Waals surface area contributed by atoms with Crippen molar-refractivity contribution in [3.8, 4) is 0 Å². The number of likely N-dealkylation sites (tertiary alicyclic amines) is 1. The van der Waals surface area contributed by atoms with Crippen molar-refractivity contribution in [3.05, 3.63) is 65.7 Å². The number of anilines is 1. The molecule has 0 amide bonds. The first-order valence-corrected chi connectivity index (χ1v) is 7.52. The van der Waals surface area contributed by atoms with Gasteiger partial charge in [0.05, 0.1) is 0 Å². The van der Waals surface area contributed by atoms with Gasteiger partial charge in [-0.25, -0.2) is 0 Å². The third-order valence-corrected chi connectivity index (χ3v) is 4.65.